The summed E-state index contributed by atoms with van der Waals surface area (Å²) in [6, 6.07) is 18.9. The second-order valence-corrected chi connectivity index (χ2v) is 9.88. The molecule has 0 N–H and O–H groups in total. The molecule has 1 aliphatic heterocycles. The maximum Gasteiger partial charge on any atom is 0.343 e. The quantitative estimate of drug-likeness (QED) is 0.140. The molecule has 0 aromatic heterocycles. The number of amides is 2. The lowest BCUT2D eigenvalue weighted by Gasteiger charge is -2.12. The second-order valence-electron chi connectivity index (χ2n) is 7.20. The van der Waals surface area contributed by atoms with Gasteiger partial charge in [-0.15, -0.1) is 0 Å². The maximum absolute atomic E-state index is 12.8. The molecule has 0 spiro atoms. The van der Waals surface area contributed by atoms with Crippen LogP contribution in [0.5, 0.6) is 11.5 Å². The molecule has 0 aliphatic carbocycles. The first-order valence-electron chi connectivity index (χ1n) is 9.99. The van der Waals surface area contributed by atoms with E-state index in [0.717, 1.165) is 20.9 Å². The van der Waals surface area contributed by atoms with Gasteiger partial charge in [-0.3, -0.25) is 14.5 Å². The van der Waals surface area contributed by atoms with Gasteiger partial charge in [0.1, 0.15) is 0 Å². The minimum absolute atomic E-state index is 0.210. The van der Waals surface area contributed by atoms with Crippen molar-refractivity contribution in [3.63, 3.8) is 0 Å². The first kappa shape index (κ1) is 24.3. The molecule has 34 heavy (non-hydrogen) atoms. The summed E-state index contributed by atoms with van der Waals surface area (Å²) < 4.78 is 11.9. The molecular formula is C25H17ClINO5S. The zero-order chi connectivity index (χ0) is 24.2. The topological polar surface area (TPSA) is 72.9 Å². The number of ether oxygens (including phenoxy) is 2. The van der Waals surface area contributed by atoms with Gasteiger partial charge in [0, 0.05) is 8.59 Å². The third-order valence-corrected chi connectivity index (χ3v) is 6.77. The summed E-state index contributed by atoms with van der Waals surface area (Å²) in [5.74, 6) is -0.370. The van der Waals surface area contributed by atoms with E-state index in [2.05, 4.69) is 22.6 Å². The fourth-order valence-electron chi connectivity index (χ4n) is 3.16. The highest BCUT2D eigenvalue weighted by Gasteiger charge is 2.35. The van der Waals surface area contributed by atoms with E-state index in [1.54, 1.807) is 48.5 Å². The van der Waals surface area contributed by atoms with Gasteiger partial charge in [0.2, 0.25) is 0 Å². The Bertz CT molecular complexity index is 1290. The minimum atomic E-state index is -0.556. The number of halogens is 2. The van der Waals surface area contributed by atoms with Gasteiger partial charge in [0.25, 0.3) is 11.1 Å². The maximum atomic E-state index is 12.8. The van der Waals surface area contributed by atoms with Crippen LogP contribution in [0.25, 0.3) is 6.08 Å². The number of hydrogen-bond donors (Lipinski definition) is 0. The largest absolute Gasteiger partial charge is 0.493 e. The zero-order valence-electron chi connectivity index (χ0n) is 17.8. The predicted octanol–water partition coefficient (Wildman–Crippen LogP) is 6.41. The standard InChI is InChI=1S/C25H17ClINO5S/c1-32-21-12-16(4-11-20(21)33-24(30)17-5-7-18(26)8-6-17)13-22-23(29)28(25(31)34-22)14-15-2-9-19(27)10-3-15/h2-13H,14H2,1H3/b22-13-. The van der Waals surface area contributed by atoms with Gasteiger partial charge in [-0.1, -0.05) is 29.8 Å². The van der Waals surface area contributed by atoms with E-state index in [0.29, 0.717) is 26.8 Å². The van der Waals surface area contributed by atoms with Crippen molar-refractivity contribution >= 4 is 69.1 Å². The van der Waals surface area contributed by atoms with E-state index >= 15 is 0 Å². The van der Waals surface area contributed by atoms with Crippen LogP contribution >= 0.6 is 46.0 Å². The number of rotatable bonds is 6. The molecule has 3 aromatic rings. The highest BCUT2D eigenvalue weighted by molar-refractivity contribution is 14.1. The molecule has 1 fully saturated rings. The summed E-state index contributed by atoms with van der Waals surface area (Å²) in [6.07, 6.45) is 1.62. The number of esters is 1. The lowest BCUT2D eigenvalue weighted by atomic mass is 10.1. The Balaban J connectivity index is 1.50. The molecule has 1 heterocycles. The number of benzene rings is 3. The molecule has 0 atom stereocenters. The van der Waals surface area contributed by atoms with Crippen LogP contribution in [0.4, 0.5) is 4.79 Å². The summed E-state index contributed by atoms with van der Waals surface area (Å²) in [5.41, 5.74) is 1.85. The third kappa shape index (κ3) is 5.63. The number of thioether (sulfide) groups is 1. The highest BCUT2D eigenvalue weighted by Crippen LogP contribution is 2.35. The Morgan fingerprint density at radius 2 is 1.74 bits per heavy atom. The molecule has 3 aromatic carbocycles. The minimum Gasteiger partial charge on any atom is -0.493 e. The van der Waals surface area contributed by atoms with Crippen LogP contribution in [-0.4, -0.2) is 29.1 Å². The molecule has 0 radical (unpaired) electrons. The van der Waals surface area contributed by atoms with E-state index in [-0.39, 0.29) is 23.4 Å². The molecule has 0 bridgehead atoms. The van der Waals surface area contributed by atoms with E-state index in [9.17, 15) is 14.4 Å². The van der Waals surface area contributed by atoms with Crippen LogP contribution in [0.1, 0.15) is 21.5 Å². The van der Waals surface area contributed by atoms with Crippen LogP contribution in [-0.2, 0) is 11.3 Å². The molecular weight excluding hydrogens is 589 g/mol. The van der Waals surface area contributed by atoms with Crippen LogP contribution in [0.2, 0.25) is 5.02 Å². The number of methoxy groups -OCH3 is 1. The summed E-state index contributed by atoms with van der Waals surface area (Å²) in [5, 5.41) is 0.191. The van der Waals surface area contributed by atoms with Crippen molar-refractivity contribution in [2.24, 2.45) is 0 Å². The summed E-state index contributed by atoms with van der Waals surface area (Å²) in [6.45, 7) is 0.210. The molecule has 1 saturated heterocycles. The van der Waals surface area contributed by atoms with Crippen molar-refractivity contribution in [3.8, 4) is 11.5 Å². The Kier molecular flexibility index (Phi) is 7.60. The highest BCUT2D eigenvalue weighted by atomic mass is 127. The monoisotopic (exact) mass is 605 g/mol. The van der Waals surface area contributed by atoms with Crippen molar-refractivity contribution in [1.82, 2.24) is 4.90 Å². The van der Waals surface area contributed by atoms with Crippen molar-refractivity contribution in [2.75, 3.05) is 7.11 Å². The average Bonchev–Trinajstić information content (AvgIpc) is 3.09. The molecule has 9 heteroatoms. The number of nitrogens with zero attached hydrogens (tertiary/aromatic N) is 1. The van der Waals surface area contributed by atoms with E-state index in [4.69, 9.17) is 21.1 Å². The van der Waals surface area contributed by atoms with Gasteiger partial charge in [-0.25, -0.2) is 4.79 Å². The molecule has 4 rings (SSSR count). The summed E-state index contributed by atoms with van der Waals surface area (Å²) in [7, 11) is 1.45. The van der Waals surface area contributed by atoms with E-state index in [1.807, 2.05) is 24.3 Å². The fraction of sp³-hybridized carbons (Fsp3) is 0.0800. The Labute approximate surface area is 219 Å². The summed E-state index contributed by atoms with van der Waals surface area (Å²) in [4.78, 5) is 39.2. The van der Waals surface area contributed by atoms with Gasteiger partial charge < -0.3 is 9.47 Å². The van der Waals surface area contributed by atoms with Crippen LogP contribution in [0, 0.1) is 3.57 Å². The molecule has 1 aliphatic rings. The van der Waals surface area contributed by atoms with Crippen LogP contribution in [0.3, 0.4) is 0 Å². The SMILES string of the molecule is COc1cc(/C=C2\SC(=O)N(Cc3ccc(I)cc3)C2=O)ccc1OC(=O)c1ccc(Cl)cc1. The molecule has 2 amide bonds. The van der Waals surface area contributed by atoms with Gasteiger partial charge in [0.15, 0.2) is 11.5 Å². The van der Waals surface area contributed by atoms with E-state index < -0.39 is 5.97 Å². The normalized spacial score (nSPS) is 14.6. The molecule has 6 nitrogen and oxygen atoms in total. The molecule has 172 valence electrons. The summed E-state index contributed by atoms with van der Waals surface area (Å²) >= 11 is 8.94. The Hall–Kier alpha value is -2.82. The van der Waals surface area contributed by atoms with Crippen molar-refractivity contribution in [2.45, 2.75) is 6.54 Å². The first-order chi connectivity index (χ1) is 16.3. The predicted molar refractivity (Wildman–Crippen MR) is 140 cm³/mol. The van der Waals surface area contributed by atoms with Gasteiger partial charge in [-0.2, -0.15) is 0 Å². The third-order valence-electron chi connectivity index (χ3n) is 4.90. The Morgan fingerprint density at radius 3 is 2.41 bits per heavy atom. The van der Waals surface area contributed by atoms with Crippen LogP contribution < -0.4 is 9.47 Å². The zero-order valence-corrected chi connectivity index (χ0v) is 21.5. The lowest BCUT2D eigenvalue weighted by Crippen LogP contribution is -2.27. The lowest BCUT2D eigenvalue weighted by molar-refractivity contribution is -0.123. The van der Waals surface area contributed by atoms with Crippen molar-refractivity contribution < 1.29 is 23.9 Å². The number of carbonyl (C=O) groups excluding carboxylic acids is 3. The van der Waals surface area contributed by atoms with Crippen molar-refractivity contribution in [3.05, 3.63) is 96.9 Å². The van der Waals surface area contributed by atoms with Gasteiger partial charge >= 0.3 is 5.97 Å². The molecule has 0 saturated carbocycles. The number of hydrogen-bond acceptors (Lipinski definition) is 6. The smallest absolute Gasteiger partial charge is 0.343 e. The second kappa shape index (κ2) is 10.6. The Morgan fingerprint density at radius 1 is 1.03 bits per heavy atom. The first-order valence-corrected chi connectivity index (χ1v) is 12.3. The number of carbonyl (C=O) groups is 3. The van der Waals surface area contributed by atoms with Crippen LogP contribution in [0.15, 0.2) is 71.6 Å². The fourth-order valence-corrected chi connectivity index (χ4v) is 4.49. The van der Waals surface area contributed by atoms with Gasteiger partial charge in [0.05, 0.1) is 24.1 Å². The van der Waals surface area contributed by atoms with Crippen molar-refractivity contribution in [1.29, 1.82) is 0 Å². The van der Waals surface area contributed by atoms with Gasteiger partial charge in [-0.05, 0) is 100 Å². The number of imide groups is 1. The molecule has 0 unspecified atom stereocenters. The van der Waals surface area contributed by atoms with E-state index in [1.165, 1.54) is 12.0 Å². The average molecular weight is 606 g/mol.